The molecule has 1 N–H and O–H groups in total. The molecule has 3 rings (SSSR count). The van der Waals surface area contributed by atoms with E-state index in [1.807, 2.05) is 4.90 Å². The Balaban J connectivity index is 1.84. The molecule has 6 heteroatoms. The number of aromatic nitrogens is 4. The molecule has 0 spiro atoms. The second kappa shape index (κ2) is 5.17. The number of nitrogens with zero attached hydrogens (tertiary/aromatic N) is 4. The fourth-order valence-electron chi connectivity index (χ4n) is 2.26. The highest BCUT2D eigenvalue weighted by Crippen LogP contribution is 2.16. The molecule has 0 saturated carbocycles. The van der Waals surface area contributed by atoms with Crippen LogP contribution in [0.25, 0.3) is 11.3 Å². The van der Waals surface area contributed by atoms with Crippen LogP contribution in [0.1, 0.15) is 29.8 Å². The molecule has 0 aliphatic carbocycles. The summed E-state index contributed by atoms with van der Waals surface area (Å²) in [4.78, 5) is 22.7. The summed E-state index contributed by atoms with van der Waals surface area (Å²) < 4.78 is 0. The Labute approximate surface area is 110 Å². The zero-order valence-corrected chi connectivity index (χ0v) is 10.5. The lowest BCUT2D eigenvalue weighted by Gasteiger charge is -2.26. The van der Waals surface area contributed by atoms with E-state index in [-0.39, 0.29) is 5.91 Å². The molecule has 0 bridgehead atoms. The molecule has 1 amide bonds. The van der Waals surface area contributed by atoms with Crippen molar-refractivity contribution in [3.05, 3.63) is 30.5 Å². The summed E-state index contributed by atoms with van der Waals surface area (Å²) in [7, 11) is 0. The van der Waals surface area contributed by atoms with E-state index in [1.165, 1.54) is 12.6 Å². The molecule has 1 aliphatic rings. The monoisotopic (exact) mass is 257 g/mol. The maximum Gasteiger partial charge on any atom is 0.274 e. The first-order chi connectivity index (χ1) is 9.34. The molecule has 1 fully saturated rings. The van der Waals surface area contributed by atoms with Gasteiger partial charge >= 0.3 is 0 Å². The van der Waals surface area contributed by atoms with Gasteiger partial charge in [-0.1, -0.05) is 0 Å². The number of carbonyl (C=O) groups excluding carboxylic acids is 1. The number of hydrogen-bond donors (Lipinski definition) is 1. The summed E-state index contributed by atoms with van der Waals surface area (Å²) >= 11 is 0. The SMILES string of the molecule is O=C(c1cncc(-c2cn[nH]c2)n1)N1CCCCC1. The zero-order chi connectivity index (χ0) is 13.1. The normalized spacial score (nSPS) is 15.5. The van der Waals surface area contributed by atoms with Crippen LogP contribution in [0.4, 0.5) is 0 Å². The minimum Gasteiger partial charge on any atom is -0.337 e. The van der Waals surface area contributed by atoms with Crippen molar-refractivity contribution in [3.8, 4) is 11.3 Å². The van der Waals surface area contributed by atoms with Gasteiger partial charge in [-0.05, 0) is 19.3 Å². The molecule has 3 heterocycles. The van der Waals surface area contributed by atoms with Crippen molar-refractivity contribution in [3.63, 3.8) is 0 Å². The molecule has 1 saturated heterocycles. The van der Waals surface area contributed by atoms with Crippen molar-refractivity contribution in [2.24, 2.45) is 0 Å². The number of aromatic amines is 1. The van der Waals surface area contributed by atoms with E-state index in [9.17, 15) is 4.79 Å². The van der Waals surface area contributed by atoms with Crippen LogP contribution in [0.15, 0.2) is 24.8 Å². The number of amides is 1. The average Bonchev–Trinajstić information content (AvgIpc) is 3.02. The van der Waals surface area contributed by atoms with Gasteiger partial charge in [0.25, 0.3) is 5.91 Å². The number of likely N-dealkylation sites (tertiary alicyclic amines) is 1. The average molecular weight is 257 g/mol. The molecule has 0 radical (unpaired) electrons. The number of hydrogen-bond acceptors (Lipinski definition) is 4. The van der Waals surface area contributed by atoms with E-state index in [2.05, 4.69) is 20.2 Å². The number of carbonyl (C=O) groups is 1. The zero-order valence-electron chi connectivity index (χ0n) is 10.5. The summed E-state index contributed by atoms with van der Waals surface area (Å²) in [6.07, 6.45) is 9.91. The Morgan fingerprint density at radius 1 is 1.16 bits per heavy atom. The number of rotatable bonds is 2. The fourth-order valence-corrected chi connectivity index (χ4v) is 2.26. The van der Waals surface area contributed by atoms with Crippen LogP contribution < -0.4 is 0 Å². The molecule has 6 nitrogen and oxygen atoms in total. The van der Waals surface area contributed by atoms with Crippen LogP contribution in [0.2, 0.25) is 0 Å². The molecule has 2 aromatic heterocycles. The minimum atomic E-state index is -0.0301. The van der Waals surface area contributed by atoms with Crippen molar-refractivity contribution < 1.29 is 4.79 Å². The van der Waals surface area contributed by atoms with Gasteiger partial charge in [0.15, 0.2) is 0 Å². The summed E-state index contributed by atoms with van der Waals surface area (Å²) in [5.41, 5.74) is 1.90. The molecular formula is C13H15N5O. The molecular weight excluding hydrogens is 242 g/mol. The third-order valence-corrected chi connectivity index (χ3v) is 3.29. The van der Waals surface area contributed by atoms with E-state index < -0.39 is 0 Å². The number of nitrogens with one attached hydrogen (secondary N) is 1. The second-order valence-corrected chi connectivity index (χ2v) is 4.63. The summed E-state index contributed by atoms with van der Waals surface area (Å²) in [6.45, 7) is 1.63. The third kappa shape index (κ3) is 2.47. The van der Waals surface area contributed by atoms with E-state index in [0.29, 0.717) is 11.4 Å². The molecule has 0 aromatic carbocycles. The Bertz CT molecular complexity index is 560. The van der Waals surface area contributed by atoms with E-state index >= 15 is 0 Å². The van der Waals surface area contributed by atoms with Crippen LogP contribution in [0, 0.1) is 0 Å². The first-order valence-corrected chi connectivity index (χ1v) is 6.45. The van der Waals surface area contributed by atoms with Crippen LogP contribution in [-0.2, 0) is 0 Å². The van der Waals surface area contributed by atoms with Gasteiger partial charge in [0.05, 0.1) is 24.3 Å². The minimum absolute atomic E-state index is 0.0301. The maximum atomic E-state index is 12.3. The van der Waals surface area contributed by atoms with Gasteiger partial charge in [-0.2, -0.15) is 5.10 Å². The Morgan fingerprint density at radius 2 is 2.00 bits per heavy atom. The van der Waals surface area contributed by atoms with Crippen LogP contribution in [-0.4, -0.2) is 44.1 Å². The van der Waals surface area contributed by atoms with Crippen LogP contribution in [0.5, 0.6) is 0 Å². The molecule has 19 heavy (non-hydrogen) atoms. The lowest BCUT2D eigenvalue weighted by atomic mass is 10.1. The topological polar surface area (TPSA) is 74.8 Å². The van der Waals surface area contributed by atoms with Crippen molar-refractivity contribution in [2.45, 2.75) is 19.3 Å². The first kappa shape index (κ1) is 11.8. The molecule has 1 aliphatic heterocycles. The van der Waals surface area contributed by atoms with Gasteiger partial charge in [-0.25, -0.2) is 4.98 Å². The third-order valence-electron chi connectivity index (χ3n) is 3.29. The standard InChI is InChI=1S/C13H15N5O/c19-13(18-4-2-1-3-5-18)12-9-14-8-11(17-12)10-6-15-16-7-10/h6-9H,1-5H2,(H,15,16). The fraction of sp³-hybridized carbons (Fsp3) is 0.385. The smallest absolute Gasteiger partial charge is 0.274 e. The Hall–Kier alpha value is -2.24. The summed E-state index contributed by atoms with van der Waals surface area (Å²) in [6, 6.07) is 0. The van der Waals surface area contributed by atoms with Crippen LogP contribution >= 0.6 is 0 Å². The van der Waals surface area contributed by atoms with Crippen molar-refractivity contribution >= 4 is 5.91 Å². The van der Waals surface area contributed by atoms with Crippen molar-refractivity contribution in [2.75, 3.05) is 13.1 Å². The predicted octanol–water partition coefficient (Wildman–Crippen LogP) is 1.49. The number of piperidine rings is 1. The van der Waals surface area contributed by atoms with Gasteiger partial charge in [0.2, 0.25) is 0 Å². The lowest BCUT2D eigenvalue weighted by molar-refractivity contribution is 0.0718. The highest BCUT2D eigenvalue weighted by atomic mass is 16.2. The Morgan fingerprint density at radius 3 is 2.74 bits per heavy atom. The highest BCUT2D eigenvalue weighted by Gasteiger charge is 2.20. The Kier molecular flexibility index (Phi) is 3.22. The quantitative estimate of drug-likeness (QED) is 0.884. The van der Waals surface area contributed by atoms with E-state index in [1.54, 1.807) is 18.6 Å². The predicted molar refractivity (Wildman–Crippen MR) is 69.4 cm³/mol. The largest absolute Gasteiger partial charge is 0.337 e. The maximum absolute atomic E-state index is 12.3. The summed E-state index contributed by atoms with van der Waals surface area (Å²) in [5, 5.41) is 6.60. The number of H-pyrrole nitrogens is 1. The lowest BCUT2D eigenvalue weighted by Crippen LogP contribution is -2.36. The van der Waals surface area contributed by atoms with E-state index in [4.69, 9.17) is 0 Å². The van der Waals surface area contributed by atoms with Crippen molar-refractivity contribution in [1.82, 2.24) is 25.1 Å². The van der Waals surface area contributed by atoms with Gasteiger partial charge in [-0.15, -0.1) is 0 Å². The second-order valence-electron chi connectivity index (χ2n) is 4.63. The molecule has 0 atom stereocenters. The molecule has 98 valence electrons. The summed E-state index contributed by atoms with van der Waals surface area (Å²) in [5.74, 6) is -0.0301. The molecule has 0 unspecified atom stereocenters. The molecule has 2 aromatic rings. The highest BCUT2D eigenvalue weighted by molar-refractivity contribution is 5.92. The van der Waals surface area contributed by atoms with Crippen LogP contribution in [0.3, 0.4) is 0 Å². The van der Waals surface area contributed by atoms with Gasteiger partial charge in [0, 0.05) is 24.8 Å². The van der Waals surface area contributed by atoms with Gasteiger partial charge < -0.3 is 4.90 Å². The van der Waals surface area contributed by atoms with Gasteiger partial charge in [0.1, 0.15) is 5.69 Å². The first-order valence-electron chi connectivity index (χ1n) is 6.45. The van der Waals surface area contributed by atoms with E-state index in [0.717, 1.165) is 31.5 Å². The van der Waals surface area contributed by atoms with Gasteiger partial charge in [-0.3, -0.25) is 14.9 Å². The van der Waals surface area contributed by atoms with Crippen molar-refractivity contribution in [1.29, 1.82) is 0 Å².